The molecule has 3 heterocycles. The zero-order valence-electron chi connectivity index (χ0n) is 28.1. The first-order valence-corrected chi connectivity index (χ1v) is 17.9. The van der Waals surface area contributed by atoms with E-state index in [1.165, 1.54) is 0 Å². The zero-order valence-corrected chi connectivity index (χ0v) is 28.1. The summed E-state index contributed by atoms with van der Waals surface area (Å²) in [4.78, 5) is 25.0. The molecule has 4 aliphatic carbocycles. The summed E-state index contributed by atoms with van der Waals surface area (Å²) in [7, 11) is 0. The molecule has 0 aromatic carbocycles. The van der Waals surface area contributed by atoms with Gasteiger partial charge >= 0.3 is 5.97 Å². The van der Waals surface area contributed by atoms with Crippen LogP contribution in [-0.2, 0) is 33.3 Å². The van der Waals surface area contributed by atoms with Crippen molar-refractivity contribution in [3.8, 4) is 0 Å². The number of rotatable bonds is 7. The van der Waals surface area contributed by atoms with Gasteiger partial charge in [0.1, 0.15) is 43.4 Å². The Bertz CT molecular complexity index is 1300. The molecule has 7 aliphatic rings. The summed E-state index contributed by atoms with van der Waals surface area (Å²) < 4.78 is 28.9. The van der Waals surface area contributed by atoms with Gasteiger partial charge in [-0.25, -0.2) is 4.79 Å². The molecule has 2 saturated heterocycles. The van der Waals surface area contributed by atoms with Gasteiger partial charge in [0.2, 0.25) is 0 Å². The molecule has 14 heteroatoms. The van der Waals surface area contributed by atoms with Gasteiger partial charge in [-0.05, 0) is 81.6 Å². The van der Waals surface area contributed by atoms with Gasteiger partial charge in [0, 0.05) is 24.3 Å². The Labute approximate surface area is 285 Å². The summed E-state index contributed by atoms with van der Waals surface area (Å²) in [5.41, 5.74) is -2.94. The fourth-order valence-corrected chi connectivity index (χ4v) is 11.3. The fourth-order valence-electron chi connectivity index (χ4n) is 11.3. The highest BCUT2D eigenvalue weighted by molar-refractivity contribution is 5.85. The fraction of sp³-hybridized carbons (Fsp3) is 0.886. The minimum atomic E-state index is -1.62. The van der Waals surface area contributed by atoms with Crippen molar-refractivity contribution < 1.29 is 69.0 Å². The first-order chi connectivity index (χ1) is 23.2. The molecule has 14 nitrogen and oxygen atoms in total. The van der Waals surface area contributed by atoms with E-state index < -0.39 is 90.1 Å². The molecule has 0 bridgehead atoms. The smallest absolute Gasteiger partial charge is 0.331 e. The van der Waals surface area contributed by atoms with Gasteiger partial charge < -0.3 is 64.2 Å². The van der Waals surface area contributed by atoms with E-state index in [9.17, 15) is 45.3 Å². The summed E-state index contributed by atoms with van der Waals surface area (Å²) in [6.07, 6.45) is -4.38. The van der Waals surface area contributed by atoms with Crippen LogP contribution in [-0.4, -0.2) is 134 Å². The van der Waals surface area contributed by atoms with Gasteiger partial charge in [0.25, 0.3) is 0 Å². The monoisotopic (exact) mass is 696 g/mol. The van der Waals surface area contributed by atoms with Crippen LogP contribution in [0.3, 0.4) is 0 Å². The minimum absolute atomic E-state index is 0.00470. The molecule has 276 valence electrons. The summed E-state index contributed by atoms with van der Waals surface area (Å²) in [5, 5.41) is 75.9. The van der Waals surface area contributed by atoms with Gasteiger partial charge in [0.05, 0.1) is 41.5 Å². The maximum absolute atomic E-state index is 13.2. The van der Waals surface area contributed by atoms with Crippen LogP contribution >= 0.6 is 0 Å². The third kappa shape index (κ3) is 5.47. The molecule has 3 aliphatic heterocycles. The predicted molar refractivity (Wildman–Crippen MR) is 166 cm³/mol. The largest absolute Gasteiger partial charge is 0.458 e. The third-order valence-electron chi connectivity index (χ3n) is 14.0. The minimum Gasteiger partial charge on any atom is -0.458 e. The molecule has 7 N–H and O–H groups in total. The van der Waals surface area contributed by atoms with Crippen molar-refractivity contribution in [3.63, 3.8) is 0 Å². The summed E-state index contributed by atoms with van der Waals surface area (Å²) >= 11 is 0. The number of carbonyl (C=O) groups excluding carboxylic acids is 2. The molecular weight excluding hydrogens is 644 g/mol. The van der Waals surface area contributed by atoms with Crippen molar-refractivity contribution in [2.45, 2.75) is 151 Å². The number of hydrogen-bond donors (Lipinski definition) is 7. The van der Waals surface area contributed by atoms with Crippen LogP contribution in [0.25, 0.3) is 0 Å². The average molecular weight is 697 g/mol. The van der Waals surface area contributed by atoms with E-state index >= 15 is 0 Å². The lowest BCUT2D eigenvalue weighted by Gasteiger charge is -2.65. The molecule has 0 aromatic rings. The van der Waals surface area contributed by atoms with Crippen LogP contribution in [0, 0.1) is 28.6 Å². The normalized spacial score (nSPS) is 54.3. The number of carbonyl (C=O) groups is 2. The summed E-state index contributed by atoms with van der Waals surface area (Å²) in [5.74, 6) is -0.688. The molecule has 0 amide bonds. The SMILES string of the molecule is C[C@H]1O[C@@H](O[C@H]2CC[C@]3(C=O)[C@H]4CC[C@]5(C)[C@@H](C6=CC(=O)OC6)CC[C@]5(O)[C@@H]4CC[C@]3(O)C2)C[C@H](O)[C@@H]1O[C@H]1O[C@@H](CO)[C@H](O)[C@@H](O)[C@@H]1O. The second-order valence-electron chi connectivity index (χ2n) is 16.1. The number of hydrogen-bond acceptors (Lipinski definition) is 14. The van der Waals surface area contributed by atoms with Crippen LogP contribution < -0.4 is 0 Å². The first kappa shape index (κ1) is 35.8. The van der Waals surface area contributed by atoms with E-state index in [-0.39, 0.29) is 43.2 Å². The van der Waals surface area contributed by atoms with Crippen LogP contribution in [0.2, 0.25) is 0 Å². The van der Waals surface area contributed by atoms with E-state index in [4.69, 9.17) is 23.7 Å². The second-order valence-corrected chi connectivity index (χ2v) is 16.1. The van der Waals surface area contributed by atoms with Gasteiger partial charge in [-0.2, -0.15) is 0 Å². The van der Waals surface area contributed by atoms with E-state index in [1.807, 2.05) is 0 Å². The molecule has 0 aromatic heterocycles. The van der Waals surface area contributed by atoms with Gasteiger partial charge in [-0.15, -0.1) is 0 Å². The highest BCUT2D eigenvalue weighted by atomic mass is 16.7. The topological polar surface area (TPSA) is 222 Å². The summed E-state index contributed by atoms with van der Waals surface area (Å²) in [6.45, 7) is 3.42. The Morgan fingerprint density at radius 3 is 2.37 bits per heavy atom. The maximum Gasteiger partial charge on any atom is 0.331 e. The van der Waals surface area contributed by atoms with Gasteiger partial charge in [-0.3, -0.25) is 0 Å². The van der Waals surface area contributed by atoms with Crippen molar-refractivity contribution in [1.29, 1.82) is 0 Å². The Kier molecular flexibility index (Phi) is 9.38. The standard InChI is InChI=1S/C35H52O14/c1-17-30(49-31-29(42)28(41)27(40)24(14-36)48-31)23(38)12-26(46-17)47-19-3-8-33(16-37)21-4-7-32(2)20(18-11-25(39)45-15-18)6-10-35(32,44)22(21)5-9-34(33,43)13-19/h11,16-17,19-24,26-31,36,38,40-44H,3-10,12-15H2,1-2H3/t17-,19+,20-,21+,22-,23+,24+,26+,27+,28-,29+,30-,31-,32-,33+,34+,35+/m1/s1. The van der Waals surface area contributed by atoms with Crippen LogP contribution in [0.15, 0.2) is 11.6 Å². The number of aliphatic hydroxyl groups excluding tert-OH is 5. The van der Waals surface area contributed by atoms with Crippen molar-refractivity contribution in [1.82, 2.24) is 0 Å². The number of aldehydes is 1. The second kappa shape index (κ2) is 12.8. The summed E-state index contributed by atoms with van der Waals surface area (Å²) in [6, 6.07) is 0. The van der Waals surface area contributed by atoms with Gasteiger partial charge in [0.15, 0.2) is 12.6 Å². The molecule has 0 radical (unpaired) electrons. The Hall–Kier alpha value is -1.56. The van der Waals surface area contributed by atoms with Crippen molar-refractivity contribution in [2.24, 2.45) is 28.6 Å². The zero-order chi connectivity index (χ0) is 35.1. The first-order valence-electron chi connectivity index (χ1n) is 17.9. The van der Waals surface area contributed by atoms with Crippen molar-refractivity contribution in [2.75, 3.05) is 13.2 Å². The number of cyclic esters (lactones) is 1. The molecule has 4 saturated carbocycles. The van der Waals surface area contributed by atoms with Gasteiger partial charge in [-0.1, -0.05) is 6.92 Å². The maximum atomic E-state index is 13.2. The third-order valence-corrected chi connectivity index (χ3v) is 14.0. The van der Waals surface area contributed by atoms with Crippen LogP contribution in [0.1, 0.15) is 78.1 Å². The molecule has 17 atom stereocenters. The lowest BCUT2D eigenvalue weighted by atomic mass is 9.41. The highest BCUT2D eigenvalue weighted by Gasteiger charge is 2.71. The van der Waals surface area contributed by atoms with Crippen LogP contribution in [0.4, 0.5) is 0 Å². The Morgan fingerprint density at radius 1 is 0.939 bits per heavy atom. The number of fused-ring (bicyclic) bond motifs is 5. The van der Waals surface area contributed by atoms with Crippen molar-refractivity contribution >= 4 is 12.3 Å². The molecular formula is C35H52O14. The number of ether oxygens (including phenoxy) is 5. The highest BCUT2D eigenvalue weighted by Crippen LogP contribution is 2.70. The van der Waals surface area contributed by atoms with E-state index in [0.29, 0.717) is 44.9 Å². The Balaban J connectivity index is 1.00. The Morgan fingerprint density at radius 2 is 1.69 bits per heavy atom. The molecule has 49 heavy (non-hydrogen) atoms. The average Bonchev–Trinajstić information content (AvgIpc) is 3.61. The quantitative estimate of drug-likeness (QED) is 0.102. The lowest BCUT2D eigenvalue weighted by molar-refractivity contribution is -0.345. The predicted octanol–water partition coefficient (Wildman–Crippen LogP) is -0.397. The molecule has 0 unspecified atom stereocenters. The number of aliphatic hydroxyl groups is 7. The van der Waals surface area contributed by atoms with E-state index in [2.05, 4.69) is 6.92 Å². The molecule has 7 rings (SSSR count). The lowest BCUT2D eigenvalue weighted by Crippen LogP contribution is -2.69. The van der Waals surface area contributed by atoms with E-state index in [1.54, 1.807) is 13.0 Å². The molecule has 6 fully saturated rings. The van der Waals surface area contributed by atoms with Crippen LogP contribution in [0.5, 0.6) is 0 Å². The van der Waals surface area contributed by atoms with Crippen molar-refractivity contribution in [3.05, 3.63) is 11.6 Å². The number of esters is 1. The molecule has 0 spiro atoms. The van der Waals surface area contributed by atoms with E-state index in [0.717, 1.165) is 18.3 Å².